The standard InChI is InChI=1S/C13H14ClNOS2/c1-7-6-10(9(3)17-7)13(16)15-8(2)11-4-5-12(14)18-11/h4-6,8H,1-3H3,(H,15,16). The van der Waals surface area contributed by atoms with E-state index in [9.17, 15) is 4.79 Å². The fraction of sp³-hybridized carbons (Fsp3) is 0.308. The maximum Gasteiger partial charge on any atom is 0.252 e. The minimum atomic E-state index is -0.0196. The van der Waals surface area contributed by atoms with Gasteiger partial charge in [0.15, 0.2) is 0 Å². The Morgan fingerprint density at radius 1 is 1.33 bits per heavy atom. The van der Waals surface area contributed by atoms with Gasteiger partial charge in [-0.2, -0.15) is 0 Å². The Labute approximate surface area is 120 Å². The van der Waals surface area contributed by atoms with Gasteiger partial charge >= 0.3 is 0 Å². The number of aryl methyl sites for hydroxylation is 2. The van der Waals surface area contributed by atoms with Crippen molar-refractivity contribution >= 4 is 40.2 Å². The Kier molecular flexibility index (Phi) is 4.10. The molecule has 0 saturated carbocycles. The normalized spacial score (nSPS) is 12.4. The van der Waals surface area contributed by atoms with Gasteiger partial charge in [-0.15, -0.1) is 22.7 Å². The first-order chi connectivity index (χ1) is 8.47. The summed E-state index contributed by atoms with van der Waals surface area (Å²) in [5.41, 5.74) is 0.770. The zero-order valence-electron chi connectivity index (χ0n) is 10.4. The molecule has 1 unspecified atom stereocenters. The highest BCUT2D eigenvalue weighted by Crippen LogP contribution is 2.27. The summed E-state index contributed by atoms with van der Waals surface area (Å²) in [6, 6.07) is 5.71. The average molecular weight is 300 g/mol. The molecular weight excluding hydrogens is 286 g/mol. The van der Waals surface area contributed by atoms with Crippen LogP contribution < -0.4 is 5.32 Å². The highest BCUT2D eigenvalue weighted by atomic mass is 35.5. The Balaban J connectivity index is 2.10. The van der Waals surface area contributed by atoms with Crippen molar-refractivity contribution in [3.8, 4) is 0 Å². The van der Waals surface area contributed by atoms with Crippen LogP contribution in [0.4, 0.5) is 0 Å². The van der Waals surface area contributed by atoms with Gasteiger partial charge in [-0.05, 0) is 39.0 Å². The molecule has 0 aliphatic heterocycles. The number of rotatable bonds is 3. The first kappa shape index (κ1) is 13.6. The van der Waals surface area contributed by atoms with Crippen molar-refractivity contribution < 1.29 is 4.79 Å². The van der Waals surface area contributed by atoms with E-state index in [4.69, 9.17) is 11.6 Å². The number of amides is 1. The van der Waals surface area contributed by atoms with Crippen LogP contribution in [-0.2, 0) is 0 Å². The molecule has 0 aliphatic rings. The van der Waals surface area contributed by atoms with Gasteiger partial charge < -0.3 is 5.32 Å². The van der Waals surface area contributed by atoms with Crippen LogP contribution in [0.1, 0.15) is 38.0 Å². The number of nitrogens with one attached hydrogen (secondary N) is 1. The van der Waals surface area contributed by atoms with Gasteiger partial charge in [0.25, 0.3) is 5.91 Å². The maximum atomic E-state index is 12.1. The van der Waals surface area contributed by atoms with Crippen molar-refractivity contribution in [3.05, 3.63) is 42.7 Å². The molecule has 96 valence electrons. The summed E-state index contributed by atoms with van der Waals surface area (Å²) in [5, 5.41) is 3.00. The third-order valence-electron chi connectivity index (χ3n) is 2.65. The SMILES string of the molecule is Cc1cc(C(=O)NC(C)c2ccc(Cl)s2)c(C)s1. The summed E-state index contributed by atoms with van der Waals surface area (Å²) in [6.07, 6.45) is 0. The van der Waals surface area contributed by atoms with Gasteiger partial charge in [-0.3, -0.25) is 4.79 Å². The molecule has 1 N–H and O–H groups in total. The van der Waals surface area contributed by atoms with Gasteiger partial charge in [0.1, 0.15) is 0 Å². The zero-order chi connectivity index (χ0) is 13.3. The summed E-state index contributed by atoms with van der Waals surface area (Å²) >= 11 is 9.04. The fourth-order valence-corrected chi connectivity index (χ4v) is 3.75. The third kappa shape index (κ3) is 2.94. The molecule has 2 aromatic rings. The van der Waals surface area contributed by atoms with Crippen LogP contribution in [0, 0.1) is 13.8 Å². The molecule has 0 aromatic carbocycles. The van der Waals surface area contributed by atoms with Crippen molar-refractivity contribution in [1.29, 1.82) is 0 Å². The number of hydrogen-bond donors (Lipinski definition) is 1. The van der Waals surface area contributed by atoms with Gasteiger partial charge in [0.2, 0.25) is 0 Å². The molecule has 1 amide bonds. The molecule has 0 bridgehead atoms. The van der Waals surface area contributed by atoms with Crippen molar-refractivity contribution in [2.45, 2.75) is 26.8 Å². The molecule has 2 aromatic heterocycles. The molecule has 1 atom stereocenters. The lowest BCUT2D eigenvalue weighted by Gasteiger charge is -2.11. The van der Waals surface area contributed by atoms with Crippen molar-refractivity contribution in [1.82, 2.24) is 5.32 Å². The maximum absolute atomic E-state index is 12.1. The van der Waals surface area contributed by atoms with E-state index in [1.165, 1.54) is 11.3 Å². The molecular formula is C13H14ClNOS2. The Morgan fingerprint density at radius 3 is 2.56 bits per heavy atom. The van der Waals surface area contributed by atoms with E-state index >= 15 is 0 Å². The summed E-state index contributed by atoms with van der Waals surface area (Å²) in [4.78, 5) is 15.4. The summed E-state index contributed by atoms with van der Waals surface area (Å²) < 4.78 is 0.744. The molecule has 2 nitrogen and oxygen atoms in total. The lowest BCUT2D eigenvalue weighted by Crippen LogP contribution is -2.26. The second kappa shape index (κ2) is 5.43. The van der Waals surface area contributed by atoms with E-state index in [-0.39, 0.29) is 11.9 Å². The monoisotopic (exact) mass is 299 g/mol. The van der Waals surface area contributed by atoms with Crippen LogP contribution in [0.3, 0.4) is 0 Å². The highest BCUT2D eigenvalue weighted by Gasteiger charge is 2.16. The molecule has 5 heteroatoms. The molecule has 18 heavy (non-hydrogen) atoms. The minimum absolute atomic E-state index is 0.0189. The van der Waals surface area contributed by atoms with Crippen molar-refractivity contribution in [2.24, 2.45) is 0 Å². The number of carbonyl (C=O) groups excluding carboxylic acids is 1. The first-order valence-corrected chi connectivity index (χ1v) is 7.61. The predicted molar refractivity (Wildman–Crippen MR) is 79.0 cm³/mol. The molecule has 0 fully saturated rings. The largest absolute Gasteiger partial charge is 0.345 e. The van der Waals surface area contributed by atoms with Crippen LogP contribution >= 0.6 is 34.3 Å². The summed E-state index contributed by atoms with van der Waals surface area (Å²) in [5.74, 6) is -0.0196. The summed E-state index contributed by atoms with van der Waals surface area (Å²) in [6.45, 7) is 5.95. The third-order valence-corrected chi connectivity index (χ3v) is 5.03. The van der Waals surface area contributed by atoms with Gasteiger partial charge in [0, 0.05) is 14.6 Å². The van der Waals surface area contributed by atoms with E-state index in [2.05, 4.69) is 5.32 Å². The molecule has 0 aliphatic carbocycles. The predicted octanol–water partition coefficient (Wildman–Crippen LogP) is 4.57. The van der Waals surface area contributed by atoms with Gasteiger partial charge in [-0.25, -0.2) is 0 Å². The van der Waals surface area contributed by atoms with Crippen LogP contribution in [0.5, 0.6) is 0 Å². The average Bonchev–Trinajstić information content (AvgIpc) is 2.84. The smallest absolute Gasteiger partial charge is 0.252 e. The van der Waals surface area contributed by atoms with E-state index in [1.807, 2.05) is 39.0 Å². The van der Waals surface area contributed by atoms with Gasteiger partial charge in [0.05, 0.1) is 15.9 Å². The molecule has 2 heterocycles. The highest BCUT2D eigenvalue weighted by molar-refractivity contribution is 7.16. The topological polar surface area (TPSA) is 29.1 Å². The Bertz CT molecular complexity index is 573. The van der Waals surface area contributed by atoms with Crippen LogP contribution in [0.15, 0.2) is 18.2 Å². The Morgan fingerprint density at radius 2 is 2.06 bits per heavy atom. The lowest BCUT2D eigenvalue weighted by molar-refractivity contribution is 0.0940. The van der Waals surface area contributed by atoms with Gasteiger partial charge in [-0.1, -0.05) is 11.6 Å². The second-order valence-electron chi connectivity index (χ2n) is 4.16. The van der Waals surface area contributed by atoms with Crippen molar-refractivity contribution in [2.75, 3.05) is 0 Å². The first-order valence-electron chi connectivity index (χ1n) is 5.60. The van der Waals surface area contributed by atoms with Crippen LogP contribution in [0.25, 0.3) is 0 Å². The number of thiophene rings is 2. The van der Waals surface area contributed by atoms with E-state index < -0.39 is 0 Å². The van der Waals surface area contributed by atoms with E-state index in [1.54, 1.807) is 11.3 Å². The minimum Gasteiger partial charge on any atom is -0.345 e. The molecule has 0 saturated heterocycles. The quantitative estimate of drug-likeness (QED) is 0.883. The zero-order valence-corrected chi connectivity index (χ0v) is 12.8. The van der Waals surface area contributed by atoms with E-state index in [0.29, 0.717) is 0 Å². The van der Waals surface area contributed by atoms with Crippen LogP contribution in [0.2, 0.25) is 4.34 Å². The molecule has 0 radical (unpaired) electrons. The number of hydrogen-bond acceptors (Lipinski definition) is 3. The Hall–Kier alpha value is -0.840. The molecule has 0 spiro atoms. The lowest BCUT2D eigenvalue weighted by atomic mass is 10.2. The number of carbonyl (C=O) groups is 1. The fourth-order valence-electron chi connectivity index (χ4n) is 1.76. The molecule has 2 rings (SSSR count). The van der Waals surface area contributed by atoms with E-state index in [0.717, 1.165) is 24.5 Å². The van der Waals surface area contributed by atoms with Crippen LogP contribution in [-0.4, -0.2) is 5.91 Å². The number of halogens is 1. The van der Waals surface area contributed by atoms with Crippen molar-refractivity contribution in [3.63, 3.8) is 0 Å². The summed E-state index contributed by atoms with van der Waals surface area (Å²) in [7, 11) is 0. The second-order valence-corrected chi connectivity index (χ2v) is 7.37.